The molecular weight excluding hydrogens is 324 g/mol. The minimum atomic E-state index is -0.182. The zero-order valence-electron chi connectivity index (χ0n) is 16.1. The molecule has 4 rings (SSSR count). The summed E-state index contributed by atoms with van der Waals surface area (Å²) in [7, 11) is 0. The highest BCUT2D eigenvalue weighted by Gasteiger charge is 2.48. The van der Waals surface area contributed by atoms with Gasteiger partial charge in [-0.25, -0.2) is 0 Å². The Morgan fingerprint density at radius 1 is 0.962 bits per heavy atom. The molecule has 5 nitrogen and oxygen atoms in total. The molecular formula is C21H32N4O. The monoisotopic (exact) mass is 356 g/mol. The SMILES string of the molecule is Cc1cc(N2CCCN(C(=O)C3(N4CCCC4)CCCC3)CC2)ccn1. The molecule has 0 N–H and O–H groups in total. The maximum Gasteiger partial charge on any atom is 0.243 e. The number of hydrogen-bond acceptors (Lipinski definition) is 4. The van der Waals surface area contributed by atoms with Crippen molar-refractivity contribution in [2.45, 2.75) is 57.4 Å². The van der Waals surface area contributed by atoms with E-state index in [9.17, 15) is 4.79 Å². The molecule has 5 heteroatoms. The average Bonchev–Trinajstić information content (AvgIpc) is 3.29. The lowest BCUT2D eigenvalue weighted by Crippen LogP contribution is -2.58. The van der Waals surface area contributed by atoms with Crippen molar-refractivity contribution in [1.82, 2.24) is 14.8 Å². The molecule has 3 heterocycles. The standard InChI is InChI=1S/C21H32N4O/c1-18-17-19(7-10-22-18)23-11-6-12-24(16-15-23)20(26)21(8-2-3-9-21)25-13-4-5-14-25/h7,10,17H,2-6,8-9,11-16H2,1H3. The van der Waals surface area contributed by atoms with Crippen molar-refractivity contribution in [3.63, 3.8) is 0 Å². The first-order chi connectivity index (χ1) is 12.7. The zero-order chi connectivity index (χ0) is 18.0. The third-order valence-electron chi connectivity index (χ3n) is 6.57. The van der Waals surface area contributed by atoms with Crippen molar-refractivity contribution in [2.24, 2.45) is 0 Å². The Balaban J connectivity index is 1.47. The maximum absolute atomic E-state index is 13.6. The number of hydrogen-bond donors (Lipinski definition) is 0. The van der Waals surface area contributed by atoms with E-state index in [4.69, 9.17) is 0 Å². The van der Waals surface area contributed by atoms with Crippen LogP contribution in [0.3, 0.4) is 0 Å². The molecule has 0 atom stereocenters. The van der Waals surface area contributed by atoms with E-state index in [1.807, 2.05) is 13.1 Å². The summed E-state index contributed by atoms with van der Waals surface area (Å²) in [5.41, 5.74) is 2.11. The molecule has 0 unspecified atom stereocenters. The maximum atomic E-state index is 13.6. The molecule has 1 aromatic heterocycles. The van der Waals surface area contributed by atoms with Crippen LogP contribution in [-0.2, 0) is 4.79 Å². The molecule has 3 fully saturated rings. The normalized spacial score (nSPS) is 24.0. The van der Waals surface area contributed by atoms with Gasteiger partial charge in [0.25, 0.3) is 0 Å². The minimum Gasteiger partial charge on any atom is -0.370 e. The predicted molar refractivity (Wildman–Crippen MR) is 104 cm³/mol. The van der Waals surface area contributed by atoms with Crippen molar-refractivity contribution >= 4 is 11.6 Å². The van der Waals surface area contributed by atoms with Crippen LogP contribution in [0.25, 0.3) is 0 Å². The second-order valence-electron chi connectivity index (χ2n) is 8.22. The molecule has 0 spiro atoms. The summed E-state index contributed by atoms with van der Waals surface area (Å²) < 4.78 is 0. The molecule has 26 heavy (non-hydrogen) atoms. The summed E-state index contributed by atoms with van der Waals surface area (Å²) in [4.78, 5) is 25.0. The zero-order valence-corrected chi connectivity index (χ0v) is 16.1. The molecule has 2 saturated heterocycles. The fourth-order valence-electron chi connectivity index (χ4n) is 5.17. The fourth-order valence-corrected chi connectivity index (χ4v) is 5.17. The van der Waals surface area contributed by atoms with E-state index < -0.39 is 0 Å². The Bertz CT molecular complexity index is 635. The summed E-state index contributed by atoms with van der Waals surface area (Å²) in [6, 6.07) is 4.24. The van der Waals surface area contributed by atoms with Crippen LogP contribution in [0.1, 0.15) is 50.6 Å². The fraction of sp³-hybridized carbons (Fsp3) is 0.714. The molecule has 1 amide bonds. The van der Waals surface area contributed by atoms with E-state index >= 15 is 0 Å². The van der Waals surface area contributed by atoms with Gasteiger partial charge in [-0.15, -0.1) is 0 Å². The summed E-state index contributed by atoms with van der Waals surface area (Å²) in [6.07, 6.45) is 9.99. The van der Waals surface area contributed by atoms with Crippen LogP contribution < -0.4 is 4.90 Å². The number of anilines is 1. The highest BCUT2D eigenvalue weighted by atomic mass is 16.2. The van der Waals surface area contributed by atoms with Gasteiger partial charge in [0, 0.05) is 43.8 Å². The van der Waals surface area contributed by atoms with E-state index in [2.05, 4.69) is 31.8 Å². The van der Waals surface area contributed by atoms with E-state index in [0.29, 0.717) is 5.91 Å². The van der Waals surface area contributed by atoms with Crippen molar-refractivity contribution < 1.29 is 4.79 Å². The van der Waals surface area contributed by atoms with Crippen LogP contribution in [0, 0.1) is 6.92 Å². The Morgan fingerprint density at radius 2 is 1.73 bits per heavy atom. The van der Waals surface area contributed by atoms with E-state index in [1.54, 1.807) is 0 Å². The average molecular weight is 357 g/mol. The Hall–Kier alpha value is -1.62. The highest BCUT2D eigenvalue weighted by Crippen LogP contribution is 2.39. The Labute approximate surface area is 157 Å². The van der Waals surface area contributed by atoms with E-state index in [0.717, 1.165) is 64.2 Å². The highest BCUT2D eigenvalue weighted by molar-refractivity contribution is 5.87. The molecule has 1 saturated carbocycles. The molecule has 2 aliphatic heterocycles. The van der Waals surface area contributed by atoms with Gasteiger partial charge in [-0.1, -0.05) is 12.8 Å². The number of likely N-dealkylation sites (tertiary alicyclic amines) is 1. The Morgan fingerprint density at radius 3 is 2.46 bits per heavy atom. The predicted octanol–water partition coefficient (Wildman–Crippen LogP) is 2.84. The van der Waals surface area contributed by atoms with Gasteiger partial charge in [-0.3, -0.25) is 14.7 Å². The van der Waals surface area contributed by atoms with Gasteiger partial charge in [-0.2, -0.15) is 0 Å². The van der Waals surface area contributed by atoms with E-state index in [-0.39, 0.29) is 5.54 Å². The molecule has 3 aliphatic rings. The molecule has 1 aliphatic carbocycles. The summed E-state index contributed by atoms with van der Waals surface area (Å²) in [5, 5.41) is 0. The van der Waals surface area contributed by atoms with Crippen LogP contribution in [0.4, 0.5) is 5.69 Å². The quantitative estimate of drug-likeness (QED) is 0.835. The Kier molecular flexibility index (Phi) is 5.16. The summed E-state index contributed by atoms with van der Waals surface area (Å²) in [6.45, 7) is 7.95. The second-order valence-corrected chi connectivity index (χ2v) is 8.22. The summed E-state index contributed by atoms with van der Waals surface area (Å²) >= 11 is 0. The number of pyridine rings is 1. The van der Waals surface area contributed by atoms with Gasteiger partial charge in [0.15, 0.2) is 0 Å². The number of carbonyl (C=O) groups excluding carboxylic acids is 1. The molecule has 1 aromatic rings. The number of carbonyl (C=O) groups is 1. The number of rotatable bonds is 3. The lowest BCUT2D eigenvalue weighted by molar-refractivity contribution is -0.143. The smallest absolute Gasteiger partial charge is 0.243 e. The number of amides is 1. The molecule has 0 bridgehead atoms. The van der Waals surface area contributed by atoms with Crippen LogP contribution in [0.15, 0.2) is 18.3 Å². The second kappa shape index (κ2) is 7.55. The lowest BCUT2D eigenvalue weighted by atomic mass is 9.93. The molecule has 0 aromatic carbocycles. The third-order valence-corrected chi connectivity index (χ3v) is 6.57. The van der Waals surface area contributed by atoms with Gasteiger partial charge >= 0.3 is 0 Å². The van der Waals surface area contributed by atoms with Crippen molar-refractivity contribution in [3.05, 3.63) is 24.0 Å². The lowest BCUT2D eigenvalue weighted by Gasteiger charge is -2.40. The van der Waals surface area contributed by atoms with Gasteiger partial charge in [0.1, 0.15) is 5.54 Å². The van der Waals surface area contributed by atoms with Gasteiger partial charge in [0.05, 0.1) is 0 Å². The largest absolute Gasteiger partial charge is 0.370 e. The van der Waals surface area contributed by atoms with Crippen molar-refractivity contribution in [1.29, 1.82) is 0 Å². The first-order valence-electron chi connectivity index (χ1n) is 10.4. The van der Waals surface area contributed by atoms with Crippen LogP contribution >= 0.6 is 0 Å². The first kappa shape index (κ1) is 17.8. The number of nitrogens with zero attached hydrogens (tertiary/aromatic N) is 4. The number of aryl methyl sites for hydroxylation is 1. The van der Waals surface area contributed by atoms with Crippen LogP contribution in [-0.4, -0.2) is 65.5 Å². The van der Waals surface area contributed by atoms with Crippen LogP contribution in [0.5, 0.6) is 0 Å². The number of aromatic nitrogens is 1. The third kappa shape index (κ3) is 3.34. The topological polar surface area (TPSA) is 39.7 Å². The minimum absolute atomic E-state index is 0.182. The first-order valence-corrected chi connectivity index (χ1v) is 10.4. The van der Waals surface area contributed by atoms with Gasteiger partial charge in [0.2, 0.25) is 5.91 Å². The van der Waals surface area contributed by atoms with Gasteiger partial charge < -0.3 is 9.80 Å². The van der Waals surface area contributed by atoms with Gasteiger partial charge in [-0.05, 0) is 64.3 Å². The van der Waals surface area contributed by atoms with Crippen LogP contribution in [0.2, 0.25) is 0 Å². The summed E-state index contributed by atoms with van der Waals surface area (Å²) in [5.74, 6) is 0.421. The molecule has 142 valence electrons. The van der Waals surface area contributed by atoms with Crippen molar-refractivity contribution in [2.75, 3.05) is 44.2 Å². The van der Waals surface area contributed by atoms with E-state index in [1.165, 1.54) is 31.4 Å². The molecule has 0 radical (unpaired) electrons. The van der Waals surface area contributed by atoms with Crippen molar-refractivity contribution in [3.8, 4) is 0 Å².